The Morgan fingerprint density at radius 3 is 2.42 bits per heavy atom. The van der Waals surface area contributed by atoms with Crippen molar-refractivity contribution in [3.05, 3.63) is 23.8 Å². The van der Waals surface area contributed by atoms with Crippen LogP contribution in [0, 0.1) is 16.7 Å². The van der Waals surface area contributed by atoms with E-state index in [1.165, 1.54) is 19.9 Å². The molecule has 0 heterocycles. The maximum absolute atomic E-state index is 13.1. The largest absolute Gasteiger partial charge is 0.464 e. The van der Waals surface area contributed by atoms with Crippen molar-refractivity contribution in [1.82, 2.24) is 0 Å². The van der Waals surface area contributed by atoms with Crippen LogP contribution in [0.4, 0.5) is 0 Å². The fourth-order valence-electron chi connectivity index (χ4n) is 5.15. The molecule has 0 bridgehead atoms. The van der Waals surface area contributed by atoms with Crippen molar-refractivity contribution in [2.75, 3.05) is 6.61 Å². The van der Waals surface area contributed by atoms with Crippen molar-refractivity contribution < 1.29 is 34.1 Å². The van der Waals surface area contributed by atoms with E-state index >= 15 is 0 Å². The lowest BCUT2D eigenvalue weighted by Gasteiger charge is -2.53. The third-order valence-corrected chi connectivity index (χ3v) is 7.31. The Kier molecular flexibility index (Phi) is 7.23. The van der Waals surface area contributed by atoms with E-state index in [4.69, 9.17) is 9.47 Å². The molecule has 7 nitrogen and oxygen atoms in total. The minimum absolute atomic E-state index is 0.0704. The summed E-state index contributed by atoms with van der Waals surface area (Å²) in [5, 5.41) is 21.8. The van der Waals surface area contributed by atoms with Crippen molar-refractivity contribution in [1.29, 1.82) is 0 Å². The number of aliphatic hydroxyl groups excluding tert-OH is 1. The minimum atomic E-state index is -1.26. The molecule has 0 spiro atoms. The molecule has 174 valence electrons. The summed E-state index contributed by atoms with van der Waals surface area (Å²) in [7, 11) is 0. The highest BCUT2D eigenvalue weighted by Crippen LogP contribution is 2.57. The summed E-state index contributed by atoms with van der Waals surface area (Å²) in [6, 6.07) is 0. The second kappa shape index (κ2) is 8.87. The highest BCUT2D eigenvalue weighted by molar-refractivity contribution is 5.90. The van der Waals surface area contributed by atoms with Crippen LogP contribution in [-0.4, -0.2) is 52.4 Å². The first-order valence-electron chi connectivity index (χ1n) is 10.8. The first kappa shape index (κ1) is 25.3. The summed E-state index contributed by atoms with van der Waals surface area (Å²) in [4.78, 5) is 36.5. The van der Waals surface area contributed by atoms with Crippen LogP contribution in [0.1, 0.15) is 67.2 Å². The summed E-state index contributed by atoms with van der Waals surface area (Å²) >= 11 is 0. The van der Waals surface area contributed by atoms with Gasteiger partial charge in [0.2, 0.25) is 0 Å². The van der Waals surface area contributed by atoms with Crippen molar-refractivity contribution in [2.24, 2.45) is 16.7 Å². The number of hydrogen-bond donors (Lipinski definition) is 2. The number of aliphatic hydroxyl groups is 2. The van der Waals surface area contributed by atoms with E-state index in [1.807, 2.05) is 13.8 Å². The Morgan fingerprint density at radius 1 is 1.29 bits per heavy atom. The van der Waals surface area contributed by atoms with E-state index in [9.17, 15) is 24.6 Å². The smallest absolute Gasteiger partial charge is 0.303 e. The lowest BCUT2D eigenvalue weighted by molar-refractivity contribution is -0.154. The van der Waals surface area contributed by atoms with E-state index in [2.05, 4.69) is 6.58 Å². The Balaban J connectivity index is 2.68. The molecule has 6 atom stereocenters. The second-order valence-corrected chi connectivity index (χ2v) is 9.73. The zero-order valence-corrected chi connectivity index (χ0v) is 19.5. The third kappa shape index (κ3) is 4.77. The zero-order valence-electron chi connectivity index (χ0n) is 19.5. The van der Waals surface area contributed by atoms with Gasteiger partial charge in [-0.1, -0.05) is 25.5 Å². The highest BCUT2D eigenvalue weighted by atomic mass is 16.5. The van der Waals surface area contributed by atoms with Crippen molar-refractivity contribution in [3.8, 4) is 0 Å². The molecule has 0 aromatic rings. The normalized spacial score (nSPS) is 33.7. The number of ether oxygens (including phenoxy) is 2. The molecule has 2 rings (SSSR count). The van der Waals surface area contributed by atoms with Gasteiger partial charge in [0.25, 0.3) is 0 Å². The zero-order chi connectivity index (χ0) is 23.8. The molecular formula is C24H36O7. The van der Waals surface area contributed by atoms with Gasteiger partial charge in [-0.15, -0.1) is 6.58 Å². The predicted molar refractivity (Wildman–Crippen MR) is 115 cm³/mol. The van der Waals surface area contributed by atoms with E-state index in [1.54, 1.807) is 13.8 Å². The lowest BCUT2D eigenvalue weighted by Crippen LogP contribution is -2.54. The van der Waals surface area contributed by atoms with Gasteiger partial charge in [-0.05, 0) is 38.2 Å². The molecule has 0 aromatic carbocycles. The van der Waals surface area contributed by atoms with Crippen LogP contribution in [0.3, 0.4) is 0 Å². The third-order valence-electron chi connectivity index (χ3n) is 7.31. The van der Waals surface area contributed by atoms with Gasteiger partial charge in [0.05, 0.1) is 17.1 Å². The van der Waals surface area contributed by atoms with Crippen LogP contribution < -0.4 is 0 Å². The topological polar surface area (TPSA) is 110 Å². The summed E-state index contributed by atoms with van der Waals surface area (Å²) in [5.74, 6) is -1.15. The maximum atomic E-state index is 13.1. The summed E-state index contributed by atoms with van der Waals surface area (Å²) in [6.07, 6.45) is 0.953. The molecule has 0 saturated carbocycles. The quantitative estimate of drug-likeness (QED) is 0.466. The van der Waals surface area contributed by atoms with E-state index in [0.29, 0.717) is 18.4 Å². The van der Waals surface area contributed by atoms with Gasteiger partial charge in [-0.3, -0.25) is 14.4 Å². The van der Waals surface area contributed by atoms with Crippen LogP contribution in [-0.2, 0) is 23.9 Å². The summed E-state index contributed by atoms with van der Waals surface area (Å²) in [5.41, 5.74) is -1.71. The molecule has 7 heteroatoms. The van der Waals surface area contributed by atoms with Crippen molar-refractivity contribution in [3.63, 3.8) is 0 Å². The maximum Gasteiger partial charge on any atom is 0.303 e. The van der Waals surface area contributed by atoms with Gasteiger partial charge in [-0.2, -0.15) is 0 Å². The molecule has 0 fully saturated rings. The molecule has 2 N–H and O–H groups in total. The fourth-order valence-corrected chi connectivity index (χ4v) is 5.15. The molecule has 0 radical (unpaired) electrons. The van der Waals surface area contributed by atoms with Crippen molar-refractivity contribution in [2.45, 2.75) is 85.0 Å². The van der Waals surface area contributed by atoms with Crippen LogP contribution in [0.15, 0.2) is 23.8 Å². The Hall–Kier alpha value is -1.99. The van der Waals surface area contributed by atoms with E-state index in [-0.39, 0.29) is 31.1 Å². The second-order valence-electron chi connectivity index (χ2n) is 9.73. The highest BCUT2D eigenvalue weighted by Gasteiger charge is 2.56. The van der Waals surface area contributed by atoms with E-state index in [0.717, 1.165) is 5.57 Å². The van der Waals surface area contributed by atoms with Crippen molar-refractivity contribution >= 4 is 17.7 Å². The van der Waals surface area contributed by atoms with Gasteiger partial charge in [-0.25, -0.2) is 0 Å². The Bertz CT molecular complexity index is 796. The number of hydrogen-bond acceptors (Lipinski definition) is 7. The number of carbonyl (C=O) groups is 3. The number of rotatable bonds is 7. The molecule has 0 saturated heterocycles. The van der Waals surface area contributed by atoms with Crippen LogP contribution in [0.2, 0.25) is 0 Å². The average molecular weight is 437 g/mol. The van der Waals surface area contributed by atoms with Crippen LogP contribution >= 0.6 is 0 Å². The number of esters is 2. The monoisotopic (exact) mass is 436 g/mol. The Morgan fingerprint density at radius 2 is 1.90 bits per heavy atom. The minimum Gasteiger partial charge on any atom is -0.464 e. The molecule has 0 aromatic heterocycles. The van der Waals surface area contributed by atoms with Gasteiger partial charge >= 0.3 is 11.9 Å². The number of ketones is 1. The van der Waals surface area contributed by atoms with E-state index < -0.39 is 40.6 Å². The van der Waals surface area contributed by atoms with Gasteiger partial charge in [0.1, 0.15) is 18.5 Å². The summed E-state index contributed by atoms with van der Waals surface area (Å²) in [6.45, 7) is 13.3. The Labute approximate surface area is 184 Å². The first-order valence-corrected chi connectivity index (χ1v) is 10.8. The number of carbonyl (C=O) groups excluding carboxylic acids is 3. The molecule has 2 aliphatic carbocycles. The molecule has 2 aliphatic rings. The summed E-state index contributed by atoms with van der Waals surface area (Å²) < 4.78 is 10.9. The molecule has 0 amide bonds. The SMILES string of the molecule is C=CC(C)(O)CC(O)C1(C)C2=C(C(OC(C)=O)CC1C)C(C)(COC(C)=O)C(=O)CC2. The standard InChI is InChI=1S/C24H36O7/c1-8-22(5,29)12-20(28)24(7)14(2)11-18(31-16(4)26)21-17(24)9-10-19(27)23(21,6)13-30-15(3)25/h8,14,18,20,28-29H,1,9-13H2,2-7H3. The van der Waals surface area contributed by atoms with Crippen LogP contribution in [0.5, 0.6) is 0 Å². The molecular weight excluding hydrogens is 400 g/mol. The fraction of sp³-hybridized carbons (Fsp3) is 0.708. The van der Waals surface area contributed by atoms with Gasteiger partial charge in [0, 0.05) is 32.1 Å². The van der Waals surface area contributed by atoms with Gasteiger partial charge in [0.15, 0.2) is 0 Å². The van der Waals surface area contributed by atoms with Crippen LogP contribution in [0.25, 0.3) is 0 Å². The first-order chi connectivity index (χ1) is 14.2. The van der Waals surface area contributed by atoms with Gasteiger partial charge < -0.3 is 19.7 Å². The molecule has 6 unspecified atom stereocenters. The predicted octanol–water partition coefficient (Wildman–Crippen LogP) is 2.88. The lowest BCUT2D eigenvalue weighted by atomic mass is 9.53. The molecule has 0 aliphatic heterocycles. The average Bonchev–Trinajstić information content (AvgIpc) is 2.65. The molecule has 31 heavy (non-hydrogen) atoms. The number of Topliss-reactive ketones (excluding diaryl/α,β-unsaturated/α-hetero) is 1.